The predicted molar refractivity (Wildman–Crippen MR) is 175 cm³/mol. The summed E-state index contributed by atoms with van der Waals surface area (Å²) in [4.78, 5) is 43.2. The number of halogens is 3. The molecule has 14 heteroatoms. The van der Waals surface area contributed by atoms with Gasteiger partial charge in [0.15, 0.2) is 5.69 Å². The van der Waals surface area contributed by atoms with Crippen molar-refractivity contribution in [1.82, 2.24) is 29.3 Å². The second kappa shape index (κ2) is 13.6. The van der Waals surface area contributed by atoms with Crippen LogP contribution < -0.4 is 16.0 Å². The van der Waals surface area contributed by atoms with Crippen molar-refractivity contribution in [2.24, 2.45) is 5.92 Å². The number of anilines is 1. The summed E-state index contributed by atoms with van der Waals surface area (Å²) in [5.74, 6) is -4.77. The van der Waals surface area contributed by atoms with Gasteiger partial charge in [0, 0.05) is 55.3 Å². The van der Waals surface area contributed by atoms with Gasteiger partial charge >= 0.3 is 0 Å². The predicted octanol–water partition coefficient (Wildman–Crippen LogP) is 4.27. The van der Waals surface area contributed by atoms with E-state index in [-0.39, 0.29) is 24.2 Å². The lowest BCUT2D eigenvalue weighted by molar-refractivity contribution is -0.223. The van der Waals surface area contributed by atoms with Crippen LogP contribution in [-0.4, -0.2) is 78.0 Å². The molecule has 3 N–H and O–H groups in total. The molecule has 0 radical (unpaired) electrons. The monoisotopic (exact) mass is 679 g/mol. The van der Waals surface area contributed by atoms with E-state index >= 15 is 8.78 Å². The number of nitrogens with two attached hydrogens (primary N) is 1. The van der Waals surface area contributed by atoms with E-state index in [0.29, 0.717) is 36.8 Å². The lowest BCUT2D eigenvalue weighted by atomic mass is 9.78. The van der Waals surface area contributed by atoms with Crippen molar-refractivity contribution < 1.29 is 23.4 Å². The van der Waals surface area contributed by atoms with Crippen molar-refractivity contribution in [3.63, 3.8) is 0 Å². The zero-order chi connectivity index (χ0) is 34.1. The number of amides is 1. The van der Waals surface area contributed by atoms with Crippen LogP contribution in [0.15, 0.2) is 78.1 Å². The lowest BCUT2D eigenvalue weighted by Gasteiger charge is -2.46. The molecule has 2 saturated heterocycles. The van der Waals surface area contributed by atoms with Crippen molar-refractivity contribution in [1.29, 1.82) is 0 Å². The van der Waals surface area contributed by atoms with Gasteiger partial charge < -0.3 is 20.5 Å². The summed E-state index contributed by atoms with van der Waals surface area (Å²) in [6, 6.07) is 15.9. The zero-order valence-electron chi connectivity index (χ0n) is 26.3. The first-order valence-electron chi connectivity index (χ1n) is 15.6. The molecular formula is C34H36ClF2N7O4. The number of hydrogen-bond acceptors (Lipinski definition) is 9. The molecule has 0 saturated carbocycles. The summed E-state index contributed by atoms with van der Waals surface area (Å²) >= 11 is 5.89. The minimum absolute atomic E-state index is 0.110. The number of carbonyl (C=O) groups is 1. The molecule has 2 aromatic carbocycles. The number of ether oxygens (including phenoxy) is 1. The Morgan fingerprint density at radius 3 is 2.52 bits per heavy atom. The highest BCUT2D eigenvalue weighted by Gasteiger charge is 2.57. The van der Waals surface area contributed by atoms with Crippen LogP contribution >= 0.6 is 11.6 Å². The maximum absolute atomic E-state index is 15.8. The summed E-state index contributed by atoms with van der Waals surface area (Å²) in [5, 5.41) is 11.7. The highest BCUT2D eigenvalue weighted by atomic mass is 35.5. The number of hydrogen-bond donors (Lipinski definition) is 2. The van der Waals surface area contributed by atoms with Crippen LogP contribution in [0.25, 0.3) is 0 Å². The molecule has 3 atom stereocenters. The number of aliphatic hydroxyl groups is 1. The van der Waals surface area contributed by atoms with Crippen molar-refractivity contribution >= 4 is 23.2 Å². The molecule has 11 nitrogen and oxygen atoms in total. The number of rotatable bonds is 8. The SMILES string of the molecule is Cc1cnc(CN2CC[C@@H](C(=O)N3CC[C@](O)(Cn4cnc(Oc5ccc(Cl)cc5)c(N)c4=O)C(F)(F)C3)[C@H](c3ccccc3)C2)cn1. The van der Waals surface area contributed by atoms with Gasteiger partial charge in [-0.05, 0) is 49.7 Å². The van der Waals surface area contributed by atoms with Crippen LogP contribution in [0.3, 0.4) is 0 Å². The number of piperidine rings is 2. The summed E-state index contributed by atoms with van der Waals surface area (Å²) in [6.07, 6.45) is 4.47. The molecule has 2 aromatic heterocycles. The Morgan fingerprint density at radius 1 is 1.08 bits per heavy atom. The van der Waals surface area contributed by atoms with Crippen LogP contribution in [0, 0.1) is 12.8 Å². The minimum Gasteiger partial charge on any atom is -0.437 e. The van der Waals surface area contributed by atoms with E-state index in [4.69, 9.17) is 22.1 Å². The molecule has 4 aromatic rings. The number of aryl methyl sites for hydroxylation is 1. The van der Waals surface area contributed by atoms with Crippen molar-refractivity contribution in [3.05, 3.63) is 106 Å². The molecule has 0 spiro atoms. The van der Waals surface area contributed by atoms with Crippen molar-refractivity contribution in [3.8, 4) is 11.6 Å². The number of nitrogen functional groups attached to an aromatic ring is 1. The first-order valence-corrected chi connectivity index (χ1v) is 16.0. The Bertz CT molecular complexity index is 1810. The van der Waals surface area contributed by atoms with Gasteiger partial charge in [0.1, 0.15) is 17.7 Å². The molecular weight excluding hydrogens is 644 g/mol. The van der Waals surface area contributed by atoms with Crippen LogP contribution in [0.2, 0.25) is 5.02 Å². The van der Waals surface area contributed by atoms with Gasteiger partial charge in [0.05, 0.1) is 24.5 Å². The second-order valence-corrected chi connectivity index (χ2v) is 12.9. The fraction of sp³-hybridized carbons (Fsp3) is 0.382. The van der Waals surface area contributed by atoms with E-state index in [2.05, 4.69) is 19.9 Å². The zero-order valence-corrected chi connectivity index (χ0v) is 27.1. The molecule has 2 aliphatic rings. The molecule has 0 aliphatic carbocycles. The Kier molecular flexibility index (Phi) is 9.46. The number of aromatic nitrogens is 4. The fourth-order valence-electron chi connectivity index (χ4n) is 6.39. The van der Waals surface area contributed by atoms with E-state index < -0.39 is 48.2 Å². The Labute approximate surface area is 281 Å². The lowest BCUT2D eigenvalue weighted by Crippen LogP contribution is -2.64. The third kappa shape index (κ3) is 7.03. The Morgan fingerprint density at radius 2 is 1.83 bits per heavy atom. The highest BCUT2D eigenvalue weighted by Crippen LogP contribution is 2.41. The molecule has 0 bridgehead atoms. The fourth-order valence-corrected chi connectivity index (χ4v) is 6.52. The van der Waals surface area contributed by atoms with Crippen LogP contribution in [0.5, 0.6) is 11.6 Å². The van der Waals surface area contributed by atoms with Gasteiger partial charge in [0.25, 0.3) is 11.5 Å². The van der Waals surface area contributed by atoms with Crippen molar-refractivity contribution in [2.75, 3.05) is 31.9 Å². The van der Waals surface area contributed by atoms with E-state index in [1.807, 2.05) is 37.3 Å². The molecule has 4 heterocycles. The number of alkyl halides is 2. The molecule has 2 aliphatic heterocycles. The van der Waals surface area contributed by atoms with Crippen LogP contribution in [-0.2, 0) is 17.9 Å². The van der Waals surface area contributed by atoms with Gasteiger partial charge in [-0.2, -0.15) is 0 Å². The molecule has 0 unspecified atom stereocenters. The molecule has 1 amide bonds. The molecule has 252 valence electrons. The summed E-state index contributed by atoms with van der Waals surface area (Å²) in [6.45, 7) is 1.68. The topological polar surface area (TPSA) is 140 Å². The van der Waals surface area contributed by atoms with Crippen LogP contribution in [0.1, 0.15) is 35.7 Å². The van der Waals surface area contributed by atoms with E-state index in [1.54, 1.807) is 36.7 Å². The third-order valence-electron chi connectivity index (χ3n) is 9.14. The van der Waals surface area contributed by atoms with Crippen LogP contribution in [0.4, 0.5) is 14.5 Å². The quantitative estimate of drug-likeness (QED) is 0.279. The normalized spacial score (nSPS) is 22.7. The molecule has 48 heavy (non-hydrogen) atoms. The maximum atomic E-state index is 15.8. The minimum atomic E-state index is -3.74. The molecule has 6 rings (SSSR count). The molecule has 2 fully saturated rings. The standard InChI is InChI=1S/C34H36ClF2N7O4/c1-22-15-40-25(16-39-22)17-42-13-11-27(28(18-42)23-5-3-2-4-6-23)31(45)43-14-12-33(47,34(36,37)20-43)19-44-21-41-30(29(38)32(44)46)48-26-9-7-24(35)8-10-26/h2-10,15-16,21,27-28,47H,11-14,17-20,38H2,1H3/t27-,28+,33+/m1/s1. The Balaban J connectivity index is 1.15. The summed E-state index contributed by atoms with van der Waals surface area (Å²) < 4.78 is 38.1. The smallest absolute Gasteiger partial charge is 0.295 e. The second-order valence-electron chi connectivity index (χ2n) is 12.5. The average molecular weight is 680 g/mol. The average Bonchev–Trinajstić information content (AvgIpc) is 3.08. The van der Waals surface area contributed by atoms with Gasteiger partial charge in [-0.3, -0.25) is 29.0 Å². The highest BCUT2D eigenvalue weighted by molar-refractivity contribution is 6.30. The number of nitrogens with zero attached hydrogens (tertiary/aromatic N) is 6. The third-order valence-corrected chi connectivity index (χ3v) is 9.39. The summed E-state index contributed by atoms with van der Waals surface area (Å²) in [5.41, 5.74) is 4.67. The Hall–Kier alpha value is -4.46. The first kappa shape index (κ1) is 33.4. The van der Waals surface area contributed by atoms with Gasteiger partial charge in [-0.1, -0.05) is 41.9 Å². The summed E-state index contributed by atoms with van der Waals surface area (Å²) in [7, 11) is 0. The van der Waals surface area contributed by atoms with E-state index in [1.165, 1.54) is 0 Å². The largest absolute Gasteiger partial charge is 0.437 e. The number of benzene rings is 2. The number of likely N-dealkylation sites (tertiary alicyclic amines) is 2. The van der Waals surface area contributed by atoms with E-state index in [9.17, 15) is 14.7 Å². The van der Waals surface area contributed by atoms with Gasteiger partial charge in [0.2, 0.25) is 11.8 Å². The first-order chi connectivity index (χ1) is 22.9. The van der Waals surface area contributed by atoms with E-state index in [0.717, 1.165) is 32.7 Å². The maximum Gasteiger partial charge on any atom is 0.295 e. The van der Waals surface area contributed by atoms with Crippen molar-refractivity contribution in [2.45, 2.75) is 50.3 Å². The van der Waals surface area contributed by atoms with Gasteiger partial charge in [-0.15, -0.1) is 0 Å². The number of carbonyl (C=O) groups excluding carboxylic acids is 1. The van der Waals surface area contributed by atoms with Gasteiger partial charge in [-0.25, -0.2) is 13.8 Å².